The quantitative estimate of drug-likeness (QED) is 0.859. The number of nitrogen functional groups attached to an aromatic ring is 1. The summed E-state index contributed by atoms with van der Waals surface area (Å²) < 4.78 is 10.7. The van der Waals surface area contributed by atoms with Gasteiger partial charge in [-0.1, -0.05) is 28.4 Å². The van der Waals surface area contributed by atoms with Gasteiger partial charge in [-0.3, -0.25) is 0 Å². The smallest absolute Gasteiger partial charge is 0.261 e. The molecular formula is C12H11Cl2N3O2. The number of hydrogen-bond acceptors (Lipinski definition) is 5. The lowest BCUT2D eigenvalue weighted by Gasteiger charge is -2.05. The molecule has 3 rings (SSSR count). The summed E-state index contributed by atoms with van der Waals surface area (Å²) in [4.78, 5) is 4.30. The van der Waals surface area contributed by atoms with Crippen LogP contribution in [-0.2, 0) is 4.74 Å². The Kier molecular flexibility index (Phi) is 3.35. The molecule has 1 aliphatic heterocycles. The number of hydrogen-bond donors (Lipinski definition) is 1. The number of ether oxygens (including phenoxy) is 1. The van der Waals surface area contributed by atoms with Gasteiger partial charge in [0.15, 0.2) is 0 Å². The highest BCUT2D eigenvalue weighted by Crippen LogP contribution is 2.37. The third-order valence-electron chi connectivity index (χ3n) is 3.01. The monoisotopic (exact) mass is 299 g/mol. The molecule has 2 N–H and O–H groups in total. The molecule has 1 aliphatic rings. The Balaban J connectivity index is 2.01. The number of rotatable bonds is 2. The fourth-order valence-corrected chi connectivity index (χ4v) is 2.44. The lowest BCUT2D eigenvalue weighted by Crippen LogP contribution is -1.98. The van der Waals surface area contributed by atoms with E-state index in [4.69, 9.17) is 38.2 Å². The molecular weight excluding hydrogens is 289 g/mol. The van der Waals surface area contributed by atoms with Crippen molar-refractivity contribution < 1.29 is 9.26 Å². The standard InChI is InChI=1S/C12H11Cl2N3O2/c13-6-3-4-7(14)10(15)9(6)12-16-11(17-19-12)8-2-1-5-18-8/h3-4,8H,1-2,5,15H2. The molecule has 0 radical (unpaired) electrons. The molecule has 1 aromatic heterocycles. The summed E-state index contributed by atoms with van der Waals surface area (Å²) in [6.45, 7) is 0.717. The predicted molar refractivity (Wildman–Crippen MR) is 72.1 cm³/mol. The van der Waals surface area contributed by atoms with Crippen LogP contribution in [0.25, 0.3) is 11.5 Å². The van der Waals surface area contributed by atoms with Gasteiger partial charge in [0.2, 0.25) is 5.82 Å². The summed E-state index contributed by atoms with van der Waals surface area (Å²) in [5.74, 6) is 0.776. The van der Waals surface area contributed by atoms with Gasteiger partial charge in [0.1, 0.15) is 6.10 Å². The lowest BCUT2D eigenvalue weighted by atomic mass is 10.2. The molecule has 5 nitrogen and oxygen atoms in total. The SMILES string of the molecule is Nc1c(Cl)ccc(Cl)c1-c1nc(C2CCCO2)no1. The largest absolute Gasteiger partial charge is 0.397 e. The number of nitrogens with zero attached hydrogens (tertiary/aromatic N) is 2. The molecule has 2 aromatic rings. The van der Waals surface area contributed by atoms with E-state index in [2.05, 4.69) is 10.1 Å². The first-order chi connectivity index (χ1) is 9.16. The Labute approximate surface area is 119 Å². The van der Waals surface area contributed by atoms with Crippen molar-refractivity contribution in [3.8, 4) is 11.5 Å². The van der Waals surface area contributed by atoms with Crippen molar-refractivity contribution in [1.82, 2.24) is 10.1 Å². The number of halogens is 2. The normalized spacial score (nSPS) is 18.9. The van der Waals surface area contributed by atoms with Gasteiger partial charge < -0.3 is 15.0 Å². The van der Waals surface area contributed by atoms with Crippen LogP contribution in [0.4, 0.5) is 5.69 Å². The van der Waals surface area contributed by atoms with Crippen molar-refractivity contribution >= 4 is 28.9 Å². The Morgan fingerprint density at radius 2 is 2.05 bits per heavy atom. The molecule has 7 heteroatoms. The Morgan fingerprint density at radius 1 is 1.26 bits per heavy atom. The summed E-state index contributed by atoms with van der Waals surface area (Å²) in [5, 5.41) is 4.74. The topological polar surface area (TPSA) is 74.2 Å². The van der Waals surface area contributed by atoms with Crippen LogP contribution in [0.2, 0.25) is 10.0 Å². The zero-order chi connectivity index (χ0) is 13.4. The number of anilines is 1. The van der Waals surface area contributed by atoms with Gasteiger partial charge in [-0.25, -0.2) is 0 Å². The zero-order valence-electron chi connectivity index (χ0n) is 9.90. The van der Waals surface area contributed by atoms with Crippen LogP contribution < -0.4 is 5.73 Å². The third-order valence-corrected chi connectivity index (χ3v) is 3.66. The molecule has 0 bridgehead atoms. The zero-order valence-corrected chi connectivity index (χ0v) is 11.4. The highest BCUT2D eigenvalue weighted by atomic mass is 35.5. The van der Waals surface area contributed by atoms with E-state index in [1.165, 1.54) is 0 Å². The fraction of sp³-hybridized carbons (Fsp3) is 0.333. The molecule has 0 saturated carbocycles. The van der Waals surface area contributed by atoms with Crippen molar-refractivity contribution in [3.05, 3.63) is 28.0 Å². The second-order valence-corrected chi connectivity index (χ2v) is 5.09. The van der Waals surface area contributed by atoms with Crippen molar-refractivity contribution in [3.63, 3.8) is 0 Å². The molecule has 0 aliphatic carbocycles. The van der Waals surface area contributed by atoms with Crippen LogP contribution in [0.5, 0.6) is 0 Å². The van der Waals surface area contributed by atoms with E-state index in [0.717, 1.165) is 12.8 Å². The second-order valence-electron chi connectivity index (χ2n) is 4.28. The van der Waals surface area contributed by atoms with Crippen LogP contribution in [0.3, 0.4) is 0 Å². The molecule has 19 heavy (non-hydrogen) atoms. The van der Waals surface area contributed by atoms with E-state index < -0.39 is 0 Å². The van der Waals surface area contributed by atoms with E-state index in [9.17, 15) is 0 Å². The molecule has 0 spiro atoms. The first-order valence-corrected chi connectivity index (χ1v) is 6.61. The highest BCUT2D eigenvalue weighted by Gasteiger charge is 2.25. The molecule has 1 unspecified atom stereocenters. The second kappa shape index (κ2) is 5.00. The summed E-state index contributed by atoms with van der Waals surface area (Å²) in [5.41, 5.74) is 6.70. The maximum atomic E-state index is 6.11. The highest BCUT2D eigenvalue weighted by molar-refractivity contribution is 6.37. The lowest BCUT2D eigenvalue weighted by molar-refractivity contribution is 0.103. The number of benzene rings is 1. The Hall–Kier alpha value is -1.30. The molecule has 1 aromatic carbocycles. The Morgan fingerprint density at radius 3 is 2.79 bits per heavy atom. The van der Waals surface area contributed by atoms with E-state index >= 15 is 0 Å². The van der Waals surface area contributed by atoms with Crippen molar-refractivity contribution in [2.75, 3.05) is 12.3 Å². The van der Waals surface area contributed by atoms with Crippen LogP contribution in [0.15, 0.2) is 16.7 Å². The average Bonchev–Trinajstić information content (AvgIpc) is 3.04. The van der Waals surface area contributed by atoms with E-state index in [0.29, 0.717) is 33.7 Å². The summed E-state index contributed by atoms with van der Waals surface area (Å²) >= 11 is 12.1. The van der Waals surface area contributed by atoms with Gasteiger partial charge >= 0.3 is 0 Å². The van der Waals surface area contributed by atoms with Crippen LogP contribution in [0, 0.1) is 0 Å². The third kappa shape index (κ3) is 2.29. The maximum absolute atomic E-state index is 6.11. The molecule has 100 valence electrons. The van der Waals surface area contributed by atoms with Gasteiger partial charge in [0.25, 0.3) is 5.89 Å². The molecule has 2 heterocycles. The maximum Gasteiger partial charge on any atom is 0.261 e. The van der Waals surface area contributed by atoms with Crippen molar-refractivity contribution in [2.24, 2.45) is 0 Å². The molecule has 1 atom stereocenters. The molecule has 0 amide bonds. The van der Waals surface area contributed by atoms with E-state index in [1.807, 2.05) is 0 Å². The minimum Gasteiger partial charge on any atom is -0.397 e. The minimum atomic E-state index is -0.114. The van der Waals surface area contributed by atoms with Crippen LogP contribution >= 0.6 is 23.2 Å². The van der Waals surface area contributed by atoms with Crippen molar-refractivity contribution in [2.45, 2.75) is 18.9 Å². The summed E-state index contributed by atoms with van der Waals surface area (Å²) in [7, 11) is 0. The predicted octanol–water partition coefficient (Wildman–Crippen LogP) is 3.48. The molecule has 1 fully saturated rings. The summed E-state index contributed by atoms with van der Waals surface area (Å²) in [6, 6.07) is 3.27. The van der Waals surface area contributed by atoms with Crippen LogP contribution in [-0.4, -0.2) is 16.7 Å². The van der Waals surface area contributed by atoms with Crippen LogP contribution in [0.1, 0.15) is 24.8 Å². The molecule has 1 saturated heterocycles. The van der Waals surface area contributed by atoms with Gasteiger partial charge in [-0.2, -0.15) is 4.98 Å². The average molecular weight is 300 g/mol. The van der Waals surface area contributed by atoms with Gasteiger partial charge in [-0.05, 0) is 25.0 Å². The van der Waals surface area contributed by atoms with Gasteiger partial charge in [0, 0.05) is 6.61 Å². The van der Waals surface area contributed by atoms with Gasteiger partial charge in [0.05, 0.1) is 21.3 Å². The van der Waals surface area contributed by atoms with E-state index in [-0.39, 0.29) is 12.0 Å². The first-order valence-electron chi connectivity index (χ1n) is 5.86. The number of aromatic nitrogens is 2. The van der Waals surface area contributed by atoms with Crippen molar-refractivity contribution in [1.29, 1.82) is 0 Å². The minimum absolute atomic E-state index is 0.114. The fourth-order valence-electron chi connectivity index (χ4n) is 2.03. The summed E-state index contributed by atoms with van der Waals surface area (Å²) in [6.07, 6.45) is 1.77. The van der Waals surface area contributed by atoms with E-state index in [1.54, 1.807) is 12.1 Å². The first kappa shape index (κ1) is 12.7. The number of nitrogens with two attached hydrogens (primary N) is 1. The Bertz CT molecular complexity index is 609. The van der Waals surface area contributed by atoms with Gasteiger partial charge in [-0.15, -0.1) is 0 Å².